The van der Waals surface area contributed by atoms with Gasteiger partial charge in [-0.15, -0.1) is 0 Å². The van der Waals surface area contributed by atoms with E-state index in [2.05, 4.69) is 19.1 Å². The molecule has 0 unspecified atom stereocenters. The number of aryl methyl sites for hydroxylation is 1. The molecule has 12 heavy (non-hydrogen) atoms. The number of hydrogen-bond donors (Lipinski definition) is 1. The molecule has 1 aromatic rings. The van der Waals surface area contributed by atoms with E-state index in [-0.39, 0.29) is 0 Å². The van der Waals surface area contributed by atoms with Crippen molar-refractivity contribution in [2.24, 2.45) is 5.73 Å². The molecule has 0 aliphatic carbocycles. The maximum atomic E-state index is 5.22. The van der Waals surface area contributed by atoms with Crippen LogP contribution in [-0.4, -0.2) is 0 Å². The van der Waals surface area contributed by atoms with E-state index in [1.54, 1.807) is 6.20 Å². The summed E-state index contributed by atoms with van der Waals surface area (Å²) in [5.41, 5.74) is 7.64. The van der Waals surface area contributed by atoms with Crippen molar-refractivity contribution in [3.05, 3.63) is 41.6 Å². The molecule has 0 saturated carbocycles. The van der Waals surface area contributed by atoms with Crippen LogP contribution in [0, 0.1) is 6.92 Å². The Labute approximate surface area is 74.9 Å². The molecule has 0 aromatic heterocycles. The molecule has 2 N–H and O–H groups in total. The minimum absolute atomic E-state index is 1.15. The van der Waals surface area contributed by atoms with Crippen molar-refractivity contribution in [1.29, 1.82) is 0 Å². The van der Waals surface area contributed by atoms with Crippen LogP contribution in [0.2, 0.25) is 0 Å². The Balaban J connectivity index is 0.000000561. The fraction of sp³-hybridized carbons (Fsp3) is 0.273. The van der Waals surface area contributed by atoms with Gasteiger partial charge < -0.3 is 5.73 Å². The Hall–Kier alpha value is -1.24. The lowest BCUT2D eigenvalue weighted by atomic mass is 10.1. The molecule has 0 bridgehead atoms. The van der Waals surface area contributed by atoms with Crippen molar-refractivity contribution in [3.63, 3.8) is 0 Å². The summed E-state index contributed by atoms with van der Waals surface area (Å²) in [5, 5.41) is 0. The van der Waals surface area contributed by atoms with Gasteiger partial charge in [0.1, 0.15) is 0 Å². The normalized spacial score (nSPS) is 9.25. The van der Waals surface area contributed by atoms with Gasteiger partial charge >= 0.3 is 0 Å². The predicted octanol–water partition coefficient (Wildman–Crippen LogP) is 2.95. The SMILES string of the molecule is CC.Cc1ccc(/C=C/N)cc1. The molecule has 0 spiro atoms. The third-order valence-electron chi connectivity index (χ3n) is 1.37. The Morgan fingerprint density at radius 1 is 1.08 bits per heavy atom. The van der Waals surface area contributed by atoms with Crippen molar-refractivity contribution in [2.75, 3.05) is 0 Å². The standard InChI is InChI=1S/C9H11N.C2H6/c1-8-2-4-9(5-3-8)6-7-10;1-2/h2-7H,10H2,1H3;1-2H3/b7-6+;. The second-order valence-electron chi connectivity index (χ2n) is 2.27. The first-order valence-electron chi connectivity index (χ1n) is 4.28. The second-order valence-corrected chi connectivity index (χ2v) is 2.27. The van der Waals surface area contributed by atoms with E-state index in [0.29, 0.717) is 0 Å². The van der Waals surface area contributed by atoms with Crippen molar-refractivity contribution in [1.82, 2.24) is 0 Å². The highest BCUT2D eigenvalue weighted by molar-refractivity contribution is 5.48. The zero-order valence-corrected chi connectivity index (χ0v) is 8.04. The van der Waals surface area contributed by atoms with Crippen LogP contribution in [0.4, 0.5) is 0 Å². The van der Waals surface area contributed by atoms with Crippen LogP contribution in [0.5, 0.6) is 0 Å². The van der Waals surface area contributed by atoms with Crippen molar-refractivity contribution in [2.45, 2.75) is 20.8 Å². The number of benzene rings is 1. The van der Waals surface area contributed by atoms with E-state index in [0.717, 1.165) is 5.56 Å². The molecule has 1 aromatic carbocycles. The molecule has 0 aliphatic rings. The van der Waals surface area contributed by atoms with Gasteiger partial charge in [-0.1, -0.05) is 43.7 Å². The van der Waals surface area contributed by atoms with E-state index >= 15 is 0 Å². The Kier molecular flexibility index (Phi) is 5.80. The largest absolute Gasteiger partial charge is 0.405 e. The van der Waals surface area contributed by atoms with Crippen molar-refractivity contribution < 1.29 is 0 Å². The molecule has 1 rings (SSSR count). The average molecular weight is 163 g/mol. The lowest BCUT2D eigenvalue weighted by molar-refractivity contribution is 1.46. The zero-order valence-electron chi connectivity index (χ0n) is 8.04. The zero-order chi connectivity index (χ0) is 9.40. The maximum absolute atomic E-state index is 5.22. The Morgan fingerprint density at radius 2 is 1.58 bits per heavy atom. The van der Waals surface area contributed by atoms with Crippen LogP contribution in [-0.2, 0) is 0 Å². The average Bonchev–Trinajstić information content (AvgIpc) is 2.13. The third-order valence-corrected chi connectivity index (χ3v) is 1.37. The smallest absolute Gasteiger partial charge is 0.00564 e. The Bertz CT molecular complexity index is 221. The predicted molar refractivity (Wildman–Crippen MR) is 55.7 cm³/mol. The summed E-state index contributed by atoms with van der Waals surface area (Å²) in [6.45, 7) is 6.07. The molecule has 66 valence electrons. The molecule has 1 nitrogen and oxygen atoms in total. The van der Waals surface area contributed by atoms with Crippen molar-refractivity contribution >= 4 is 6.08 Å². The number of hydrogen-bond acceptors (Lipinski definition) is 1. The summed E-state index contributed by atoms with van der Waals surface area (Å²) in [5.74, 6) is 0. The van der Waals surface area contributed by atoms with E-state index in [9.17, 15) is 0 Å². The molecular weight excluding hydrogens is 146 g/mol. The van der Waals surface area contributed by atoms with Crippen LogP contribution in [0.25, 0.3) is 6.08 Å². The minimum Gasteiger partial charge on any atom is -0.405 e. The van der Waals surface area contributed by atoms with Gasteiger partial charge in [0.2, 0.25) is 0 Å². The highest BCUT2D eigenvalue weighted by atomic mass is 14.5. The summed E-state index contributed by atoms with van der Waals surface area (Å²) >= 11 is 0. The van der Waals surface area contributed by atoms with Gasteiger partial charge in [-0.05, 0) is 24.8 Å². The topological polar surface area (TPSA) is 26.0 Å². The Morgan fingerprint density at radius 3 is 2.00 bits per heavy atom. The summed E-state index contributed by atoms with van der Waals surface area (Å²) in [4.78, 5) is 0. The first-order valence-corrected chi connectivity index (χ1v) is 4.28. The van der Waals surface area contributed by atoms with Crippen LogP contribution < -0.4 is 5.73 Å². The molecule has 0 radical (unpaired) electrons. The molecule has 0 fully saturated rings. The van der Waals surface area contributed by atoms with Crippen LogP contribution in [0.3, 0.4) is 0 Å². The van der Waals surface area contributed by atoms with Crippen molar-refractivity contribution in [3.8, 4) is 0 Å². The van der Waals surface area contributed by atoms with E-state index in [1.165, 1.54) is 5.56 Å². The molecule has 0 atom stereocenters. The maximum Gasteiger partial charge on any atom is -0.00564 e. The number of rotatable bonds is 1. The lowest BCUT2D eigenvalue weighted by Crippen LogP contribution is -1.77. The minimum atomic E-state index is 1.15. The van der Waals surface area contributed by atoms with Gasteiger partial charge in [0.05, 0.1) is 0 Å². The van der Waals surface area contributed by atoms with Gasteiger partial charge in [0, 0.05) is 0 Å². The molecule has 0 saturated heterocycles. The van der Waals surface area contributed by atoms with Gasteiger partial charge in [0.25, 0.3) is 0 Å². The van der Waals surface area contributed by atoms with E-state index in [4.69, 9.17) is 5.73 Å². The highest BCUT2D eigenvalue weighted by Crippen LogP contribution is 2.03. The van der Waals surface area contributed by atoms with Gasteiger partial charge in [0.15, 0.2) is 0 Å². The van der Waals surface area contributed by atoms with Crippen LogP contribution >= 0.6 is 0 Å². The quantitative estimate of drug-likeness (QED) is 0.676. The van der Waals surface area contributed by atoms with Crippen LogP contribution in [0.15, 0.2) is 30.5 Å². The second kappa shape index (κ2) is 6.47. The van der Waals surface area contributed by atoms with E-state index in [1.807, 2.05) is 32.1 Å². The summed E-state index contributed by atoms with van der Waals surface area (Å²) in [6.07, 6.45) is 3.42. The molecule has 1 heteroatoms. The fourth-order valence-electron chi connectivity index (χ4n) is 0.789. The van der Waals surface area contributed by atoms with Gasteiger partial charge in [-0.3, -0.25) is 0 Å². The summed E-state index contributed by atoms with van der Waals surface area (Å²) < 4.78 is 0. The van der Waals surface area contributed by atoms with Crippen LogP contribution in [0.1, 0.15) is 25.0 Å². The first-order chi connectivity index (χ1) is 5.83. The monoisotopic (exact) mass is 163 g/mol. The summed E-state index contributed by atoms with van der Waals surface area (Å²) in [6, 6.07) is 8.21. The van der Waals surface area contributed by atoms with E-state index < -0.39 is 0 Å². The van der Waals surface area contributed by atoms with Gasteiger partial charge in [-0.25, -0.2) is 0 Å². The van der Waals surface area contributed by atoms with Gasteiger partial charge in [-0.2, -0.15) is 0 Å². The summed E-state index contributed by atoms with van der Waals surface area (Å²) in [7, 11) is 0. The highest BCUT2D eigenvalue weighted by Gasteiger charge is 1.83. The third kappa shape index (κ3) is 3.81. The molecule has 0 aliphatic heterocycles. The first kappa shape index (κ1) is 10.8. The molecular formula is C11H17N. The molecule has 0 amide bonds. The fourth-order valence-corrected chi connectivity index (χ4v) is 0.789. The lowest BCUT2D eigenvalue weighted by Gasteiger charge is -1.92. The molecule has 0 heterocycles. The number of nitrogens with two attached hydrogens (primary N) is 1.